The molecule has 1 aromatic rings. The first-order chi connectivity index (χ1) is 9.61. The van der Waals surface area contributed by atoms with E-state index in [0.29, 0.717) is 12.5 Å². The second-order valence-corrected chi connectivity index (χ2v) is 7.07. The van der Waals surface area contributed by atoms with E-state index in [1.807, 2.05) is 6.92 Å². The zero-order valence-electron chi connectivity index (χ0n) is 11.1. The van der Waals surface area contributed by atoms with E-state index in [-0.39, 0.29) is 17.7 Å². The van der Waals surface area contributed by atoms with Gasteiger partial charge in [0, 0.05) is 5.56 Å². The molecule has 8 nitrogen and oxygen atoms in total. The van der Waals surface area contributed by atoms with Crippen LogP contribution in [0.1, 0.15) is 31.7 Å². The highest BCUT2D eigenvalue weighted by Crippen LogP contribution is 2.23. The Morgan fingerprint density at radius 1 is 1.14 bits per heavy atom. The van der Waals surface area contributed by atoms with Crippen LogP contribution in [-0.4, -0.2) is 36.9 Å². The maximum absolute atomic E-state index is 11.4. The van der Waals surface area contributed by atoms with Crippen molar-refractivity contribution in [2.75, 3.05) is 0 Å². The number of benzene rings is 1. The summed E-state index contributed by atoms with van der Waals surface area (Å²) in [6.07, 6.45) is 1.59. The van der Waals surface area contributed by atoms with Crippen LogP contribution in [0.2, 0.25) is 0 Å². The first kappa shape index (κ1) is 17.6. The van der Waals surface area contributed by atoms with Gasteiger partial charge in [0.2, 0.25) is 0 Å². The predicted molar refractivity (Wildman–Crippen MR) is 73.9 cm³/mol. The van der Waals surface area contributed by atoms with Gasteiger partial charge >= 0.3 is 0 Å². The van der Waals surface area contributed by atoms with E-state index >= 15 is 0 Å². The molecule has 1 rings (SSSR count). The van der Waals surface area contributed by atoms with Crippen molar-refractivity contribution < 1.29 is 31.1 Å². The number of nitrogens with zero attached hydrogens (tertiary/aromatic N) is 1. The Labute approximate surface area is 122 Å². The molecule has 118 valence electrons. The number of hydrogen-bond acceptors (Lipinski definition) is 6. The van der Waals surface area contributed by atoms with Gasteiger partial charge in [0.05, 0.1) is 10.6 Å². The maximum atomic E-state index is 11.4. The summed E-state index contributed by atoms with van der Waals surface area (Å²) in [5.74, 6) is 0. The molecule has 0 aliphatic rings. The van der Waals surface area contributed by atoms with Crippen molar-refractivity contribution in [1.29, 1.82) is 0 Å². The predicted octanol–water partition coefficient (Wildman–Crippen LogP) is 1.55. The van der Waals surface area contributed by atoms with Crippen LogP contribution < -0.4 is 0 Å². The van der Waals surface area contributed by atoms with E-state index in [2.05, 4.69) is 5.16 Å². The highest BCUT2D eigenvalue weighted by molar-refractivity contribution is 7.86. The molecule has 0 fully saturated rings. The van der Waals surface area contributed by atoms with Crippen molar-refractivity contribution in [3.8, 4) is 0 Å². The van der Waals surface area contributed by atoms with Gasteiger partial charge < -0.3 is 5.21 Å². The third-order valence-electron chi connectivity index (χ3n) is 2.73. The van der Waals surface area contributed by atoms with Crippen molar-refractivity contribution in [1.82, 2.24) is 0 Å². The summed E-state index contributed by atoms with van der Waals surface area (Å²) in [5.41, 5.74) is -0.132. The first-order valence-corrected chi connectivity index (χ1v) is 8.79. The van der Waals surface area contributed by atoms with Gasteiger partial charge in [-0.3, -0.25) is 9.11 Å². The summed E-state index contributed by atoms with van der Waals surface area (Å²) in [6.45, 7) is 1.88. The van der Waals surface area contributed by atoms with E-state index < -0.39 is 30.0 Å². The van der Waals surface area contributed by atoms with Gasteiger partial charge in [-0.25, -0.2) is 0 Å². The van der Waals surface area contributed by atoms with Crippen LogP contribution in [0.4, 0.5) is 0 Å². The molecule has 0 aliphatic heterocycles. The van der Waals surface area contributed by atoms with Crippen LogP contribution in [0, 0.1) is 0 Å². The Bertz CT molecular complexity index is 751. The summed E-state index contributed by atoms with van der Waals surface area (Å²) >= 11 is 0. The average molecular weight is 337 g/mol. The highest BCUT2D eigenvalue weighted by Gasteiger charge is 2.23. The summed E-state index contributed by atoms with van der Waals surface area (Å²) in [5, 5.41) is 12.0. The first-order valence-electron chi connectivity index (χ1n) is 5.91. The Kier molecular flexibility index (Phi) is 5.45. The molecule has 0 saturated heterocycles. The van der Waals surface area contributed by atoms with Gasteiger partial charge in [0.1, 0.15) is 4.90 Å². The number of oxime groups is 1. The minimum Gasteiger partial charge on any atom is -0.411 e. The zero-order valence-corrected chi connectivity index (χ0v) is 12.7. The molecule has 0 atom stereocenters. The summed E-state index contributed by atoms with van der Waals surface area (Å²) < 4.78 is 62.9. The molecular weight excluding hydrogens is 322 g/mol. The monoisotopic (exact) mass is 337 g/mol. The molecule has 0 spiro atoms. The second kappa shape index (κ2) is 6.52. The molecule has 0 bridgehead atoms. The Morgan fingerprint density at radius 3 is 2.19 bits per heavy atom. The molecule has 10 heteroatoms. The van der Waals surface area contributed by atoms with E-state index in [1.54, 1.807) is 0 Å². The minimum absolute atomic E-state index is 0.00800. The molecule has 0 saturated carbocycles. The Balaban J connectivity index is 3.53. The molecule has 0 amide bonds. The third-order valence-corrected chi connectivity index (χ3v) is 4.47. The van der Waals surface area contributed by atoms with Crippen molar-refractivity contribution in [2.24, 2.45) is 5.16 Å². The molecule has 0 unspecified atom stereocenters. The SMILES string of the molecule is CCCCC(=NO)c1ccc(S(=O)(=O)O)cc1S(=O)(=O)O. The number of hydrogen-bond donors (Lipinski definition) is 3. The lowest BCUT2D eigenvalue weighted by molar-refractivity contribution is 0.317. The fraction of sp³-hybridized carbons (Fsp3) is 0.364. The number of rotatable bonds is 6. The van der Waals surface area contributed by atoms with Gasteiger partial charge in [-0.2, -0.15) is 16.8 Å². The largest absolute Gasteiger partial charge is 0.411 e. The van der Waals surface area contributed by atoms with E-state index in [9.17, 15) is 21.4 Å². The minimum atomic E-state index is -4.76. The van der Waals surface area contributed by atoms with Gasteiger partial charge in [-0.1, -0.05) is 24.6 Å². The quantitative estimate of drug-likeness (QED) is 0.309. The van der Waals surface area contributed by atoms with Gasteiger partial charge in [-0.05, 0) is 25.0 Å². The fourth-order valence-corrected chi connectivity index (χ4v) is 3.02. The van der Waals surface area contributed by atoms with Crippen molar-refractivity contribution in [3.63, 3.8) is 0 Å². The van der Waals surface area contributed by atoms with Crippen LogP contribution in [0.25, 0.3) is 0 Å². The fourth-order valence-electron chi connectivity index (χ4n) is 1.70. The molecule has 0 aliphatic carbocycles. The standard InChI is InChI=1S/C11H15NO7S2/c1-2-3-4-10(12-13)9-6-5-8(20(14,15)16)7-11(9)21(17,18)19/h5-7,13H,2-4H2,1H3,(H,14,15,16)(H,17,18,19). The van der Waals surface area contributed by atoms with Crippen LogP contribution >= 0.6 is 0 Å². The Hall–Kier alpha value is -1.49. The Morgan fingerprint density at radius 2 is 1.76 bits per heavy atom. The number of unbranched alkanes of at least 4 members (excludes halogenated alkanes) is 1. The van der Waals surface area contributed by atoms with E-state index in [1.165, 1.54) is 0 Å². The molecule has 0 radical (unpaired) electrons. The second-order valence-electron chi connectivity index (χ2n) is 4.26. The normalized spacial score (nSPS) is 13.4. The van der Waals surface area contributed by atoms with Crippen molar-refractivity contribution in [3.05, 3.63) is 23.8 Å². The molecule has 1 aromatic carbocycles. The molecule has 21 heavy (non-hydrogen) atoms. The lowest BCUT2D eigenvalue weighted by Gasteiger charge is -2.10. The van der Waals surface area contributed by atoms with Crippen molar-refractivity contribution in [2.45, 2.75) is 36.0 Å². The van der Waals surface area contributed by atoms with Gasteiger partial charge in [0.15, 0.2) is 0 Å². The lowest BCUT2D eigenvalue weighted by atomic mass is 10.0. The van der Waals surface area contributed by atoms with Crippen LogP contribution in [0.15, 0.2) is 33.1 Å². The van der Waals surface area contributed by atoms with Crippen LogP contribution in [0.5, 0.6) is 0 Å². The smallest absolute Gasteiger partial charge is 0.295 e. The van der Waals surface area contributed by atoms with E-state index in [0.717, 1.165) is 18.6 Å². The van der Waals surface area contributed by atoms with Crippen molar-refractivity contribution >= 4 is 25.9 Å². The van der Waals surface area contributed by atoms with E-state index in [4.69, 9.17) is 9.76 Å². The molecule has 3 N–H and O–H groups in total. The molecule has 0 aromatic heterocycles. The molecular formula is C11H15NO7S2. The van der Waals surface area contributed by atoms with Gasteiger partial charge in [-0.15, -0.1) is 0 Å². The zero-order chi connectivity index (χ0) is 16.3. The van der Waals surface area contributed by atoms with Gasteiger partial charge in [0.25, 0.3) is 20.2 Å². The lowest BCUT2D eigenvalue weighted by Crippen LogP contribution is -2.11. The average Bonchev–Trinajstić information content (AvgIpc) is 2.37. The maximum Gasteiger partial charge on any atom is 0.295 e. The third kappa shape index (κ3) is 4.49. The summed E-state index contributed by atoms with van der Waals surface area (Å²) in [6, 6.07) is 2.62. The topological polar surface area (TPSA) is 141 Å². The van der Waals surface area contributed by atoms with Crippen LogP contribution in [-0.2, 0) is 20.2 Å². The summed E-state index contributed by atoms with van der Waals surface area (Å²) in [7, 11) is -9.39. The van der Waals surface area contributed by atoms with Crippen LogP contribution in [0.3, 0.4) is 0 Å². The highest BCUT2D eigenvalue weighted by atomic mass is 32.2. The summed E-state index contributed by atoms with van der Waals surface area (Å²) in [4.78, 5) is -1.44. The molecule has 0 heterocycles.